The molecule has 0 heterocycles. The van der Waals surface area contributed by atoms with Crippen LogP contribution in [0.1, 0.15) is 45.1 Å². The third-order valence-electron chi connectivity index (χ3n) is 4.99. The van der Waals surface area contributed by atoms with E-state index in [1.54, 1.807) is 24.3 Å². The largest absolute Gasteiger partial charge is 0.352 e. The van der Waals surface area contributed by atoms with Crippen LogP contribution >= 0.6 is 11.6 Å². The van der Waals surface area contributed by atoms with E-state index in [1.807, 2.05) is 56.3 Å². The summed E-state index contributed by atoms with van der Waals surface area (Å²) in [7, 11) is 0. The molecule has 2 amide bonds. The van der Waals surface area contributed by atoms with Crippen LogP contribution in [-0.2, 0) is 11.3 Å². The Morgan fingerprint density at radius 1 is 0.933 bits per heavy atom. The third-order valence-corrected chi connectivity index (χ3v) is 5.32. The van der Waals surface area contributed by atoms with E-state index in [-0.39, 0.29) is 18.2 Å². The normalized spacial score (nSPS) is 11.6. The number of amides is 2. The lowest BCUT2D eigenvalue weighted by Gasteiger charge is -2.20. The van der Waals surface area contributed by atoms with Gasteiger partial charge < -0.3 is 10.6 Å². The minimum atomic E-state index is -0.464. The molecule has 154 valence electrons. The quantitative estimate of drug-likeness (QED) is 0.556. The summed E-state index contributed by atoms with van der Waals surface area (Å²) in [6.07, 6.45) is 0.130. The van der Waals surface area contributed by atoms with E-state index in [9.17, 15) is 9.59 Å². The summed E-state index contributed by atoms with van der Waals surface area (Å²) >= 11 is 6.16. The molecule has 0 saturated heterocycles. The van der Waals surface area contributed by atoms with Crippen molar-refractivity contribution >= 4 is 23.4 Å². The summed E-state index contributed by atoms with van der Waals surface area (Å²) in [5.41, 5.74) is 4.65. The predicted octanol–water partition coefficient (Wildman–Crippen LogP) is 5.13. The number of rotatable bonds is 7. The summed E-state index contributed by atoms with van der Waals surface area (Å²) in [5.74, 6) is -0.445. The summed E-state index contributed by atoms with van der Waals surface area (Å²) in [6.45, 7) is 4.53. The van der Waals surface area contributed by atoms with Crippen LogP contribution in [-0.4, -0.2) is 11.8 Å². The van der Waals surface area contributed by atoms with Gasteiger partial charge in [0.15, 0.2) is 0 Å². The van der Waals surface area contributed by atoms with Crippen LogP contribution in [0.3, 0.4) is 0 Å². The van der Waals surface area contributed by atoms with E-state index < -0.39 is 6.04 Å². The average molecular weight is 421 g/mol. The first kappa shape index (κ1) is 21.6. The fourth-order valence-corrected chi connectivity index (χ4v) is 3.54. The summed E-state index contributed by atoms with van der Waals surface area (Å²) < 4.78 is 0. The third kappa shape index (κ3) is 5.71. The number of halogens is 1. The van der Waals surface area contributed by atoms with Crippen molar-refractivity contribution in [1.29, 1.82) is 0 Å². The number of hydrogen-bond acceptors (Lipinski definition) is 2. The molecule has 1 atom stereocenters. The van der Waals surface area contributed by atoms with Crippen molar-refractivity contribution in [3.63, 3.8) is 0 Å². The van der Waals surface area contributed by atoms with Crippen molar-refractivity contribution in [3.05, 3.63) is 106 Å². The van der Waals surface area contributed by atoms with Crippen LogP contribution in [0, 0.1) is 13.8 Å². The summed E-state index contributed by atoms with van der Waals surface area (Å²) in [5, 5.41) is 6.30. The van der Waals surface area contributed by atoms with Gasteiger partial charge in [0, 0.05) is 6.54 Å². The van der Waals surface area contributed by atoms with Gasteiger partial charge in [-0.25, -0.2) is 0 Å². The molecule has 5 heteroatoms. The van der Waals surface area contributed by atoms with E-state index in [2.05, 4.69) is 16.7 Å². The van der Waals surface area contributed by atoms with Crippen LogP contribution < -0.4 is 10.6 Å². The minimum absolute atomic E-state index is 0.130. The Balaban J connectivity index is 1.70. The van der Waals surface area contributed by atoms with Gasteiger partial charge in [0.25, 0.3) is 5.91 Å². The summed E-state index contributed by atoms with van der Waals surface area (Å²) in [4.78, 5) is 25.4. The number of carbonyl (C=O) groups excluding carboxylic acids is 2. The number of hydrogen-bond donors (Lipinski definition) is 2. The Morgan fingerprint density at radius 3 is 2.33 bits per heavy atom. The molecule has 30 heavy (non-hydrogen) atoms. The highest BCUT2D eigenvalue weighted by Gasteiger charge is 2.20. The molecular weight excluding hydrogens is 396 g/mol. The number of benzene rings is 3. The molecule has 0 aliphatic rings. The highest BCUT2D eigenvalue weighted by molar-refractivity contribution is 6.33. The fourth-order valence-electron chi connectivity index (χ4n) is 3.31. The van der Waals surface area contributed by atoms with Crippen molar-refractivity contribution in [3.8, 4) is 0 Å². The number of nitrogens with one attached hydrogen (secondary N) is 2. The number of aryl methyl sites for hydroxylation is 2. The van der Waals surface area contributed by atoms with Crippen molar-refractivity contribution in [2.45, 2.75) is 32.9 Å². The lowest BCUT2D eigenvalue weighted by molar-refractivity contribution is -0.121. The van der Waals surface area contributed by atoms with Crippen molar-refractivity contribution in [2.24, 2.45) is 0 Å². The molecule has 0 bridgehead atoms. The van der Waals surface area contributed by atoms with E-state index >= 15 is 0 Å². The van der Waals surface area contributed by atoms with Gasteiger partial charge in [-0.2, -0.15) is 0 Å². The maximum Gasteiger partial charge on any atom is 0.253 e. The lowest BCUT2D eigenvalue weighted by atomic mass is 10.0. The maximum atomic E-state index is 12.8. The van der Waals surface area contributed by atoms with Crippen molar-refractivity contribution in [2.75, 3.05) is 0 Å². The molecule has 4 nitrogen and oxygen atoms in total. The first-order valence-electron chi connectivity index (χ1n) is 9.87. The molecule has 3 rings (SSSR count). The molecule has 3 aromatic carbocycles. The molecule has 2 N–H and O–H groups in total. The Bertz CT molecular complexity index is 1030. The molecule has 3 aromatic rings. The van der Waals surface area contributed by atoms with Gasteiger partial charge in [-0.3, -0.25) is 9.59 Å². The Labute approximate surface area is 182 Å². The Hall–Kier alpha value is -3.11. The fraction of sp³-hybridized carbons (Fsp3) is 0.200. The molecule has 0 aliphatic carbocycles. The molecule has 0 fully saturated rings. The van der Waals surface area contributed by atoms with Crippen LogP contribution in [0.15, 0.2) is 72.8 Å². The van der Waals surface area contributed by atoms with Gasteiger partial charge in [0.2, 0.25) is 5.91 Å². The van der Waals surface area contributed by atoms with Crippen molar-refractivity contribution in [1.82, 2.24) is 10.6 Å². The SMILES string of the molecule is Cc1ccc(CNC(=O)CC(NC(=O)c2ccccc2Cl)c2ccccc2)c(C)c1. The molecule has 0 spiro atoms. The Kier molecular flexibility index (Phi) is 7.26. The predicted molar refractivity (Wildman–Crippen MR) is 120 cm³/mol. The van der Waals surface area contributed by atoms with Gasteiger partial charge in [0.05, 0.1) is 23.0 Å². The second kappa shape index (κ2) is 10.1. The molecule has 1 unspecified atom stereocenters. The van der Waals surface area contributed by atoms with Gasteiger partial charge in [-0.1, -0.05) is 77.8 Å². The van der Waals surface area contributed by atoms with Gasteiger partial charge in [-0.05, 0) is 42.7 Å². The highest BCUT2D eigenvalue weighted by Crippen LogP contribution is 2.20. The highest BCUT2D eigenvalue weighted by atomic mass is 35.5. The van der Waals surface area contributed by atoms with Crippen LogP contribution in [0.2, 0.25) is 5.02 Å². The van der Waals surface area contributed by atoms with E-state index in [0.717, 1.165) is 16.7 Å². The maximum absolute atomic E-state index is 12.8. The van der Waals surface area contributed by atoms with E-state index in [4.69, 9.17) is 11.6 Å². The smallest absolute Gasteiger partial charge is 0.253 e. The Morgan fingerprint density at radius 2 is 1.63 bits per heavy atom. The van der Waals surface area contributed by atoms with Gasteiger partial charge >= 0.3 is 0 Å². The first-order chi connectivity index (χ1) is 14.4. The lowest BCUT2D eigenvalue weighted by Crippen LogP contribution is -2.33. The molecule has 0 radical (unpaired) electrons. The first-order valence-corrected chi connectivity index (χ1v) is 10.2. The summed E-state index contributed by atoms with van der Waals surface area (Å²) in [6, 6.07) is 22.0. The average Bonchev–Trinajstić information content (AvgIpc) is 2.73. The zero-order valence-electron chi connectivity index (χ0n) is 17.1. The zero-order chi connectivity index (χ0) is 21.5. The van der Waals surface area contributed by atoms with Crippen LogP contribution in [0.5, 0.6) is 0 Å². The van der Waals surface area contributed by atoms with E-state index in [1.165, 1.54) is 5.56 Å². The van der Waals surface area contributed by atoms with Crippen molar-refractivity contribution < 1.29 is 9.59 Å². The second-order valence-electron chi connectivity index (χ2n) is 7.33. The molecular formula is C25H25ClN2O2. The molecule has 0 aromatic heterocycles. The topological polar surface area (TPSA) is 58.2 Å². The van der Waals surface area contributed by atoms with Gasteiger partial charge in [-0.15, -0.1) is 0 Å². The van der Waals surface area contributed by atoms with Crippen LogP contribution in [0.25, 0.3) is 0 Å². The zero-order valence-corrected chi connectivity index (χ0v) is 17.9. The minimum Gasteiger partial charge on any atom is -0.352 e. The second-order valence-corrected chi connectivity index (χ2v) is 7.73. The molecule has 0 aliphatic heterocycles. The number of carbonyl (C=O) groups is 2. The van der Waals surface area contributed by atoms with Crippen LogP contribution in [0.4, 0.5) is 0 Å². The monoisotopic (exact) mass is 420 g/mol. The van der Waals surface area contributed by atoms with E-state index in [0.29, 0.717) is 17.1 Å². The standard InChI is InChI=1S/C25H25ClN2O2/c1-17-12-13-20(18(2)14-17)16-27-24(29)15-23(19-8-4-3-5-9-19)28-25(30)21-10-6-7-11-22(21)26/h3-14,23H,15-16H2,1-2H3,(H,27,29)(H,28,30). The molecule has 0 saturated carbocycles. The van der Waals surface area contributed by atoms with Gasteiger partial charge in [0.1, 0.15) is 0 Å².